The van der Waals surface area contributed by atoms with Gasteiger partial charge in [0.15, 0.2) is 9.84 Å². The van der Waals surface area contributed by atoms with Gasteiger partial charge in [-0.25, -0.2) is 8.42 Å². The van der Waals surface area contributed by atoms with Crippen LogP contribution >= 0.6 is 0 Å². The molecule has 1 aromatic carbocycles. The van der Waals surface area contributed by atoms with Crippen molar-refractivity contribution >= 4 is 9.84 Å². The summed E-state index contributed by atoms with van der Waals surface area (Å²) in [6, 6.07) is 14.7. The quantitative estimate of drug-likeness (QED) is 0.747. The number of pyridine rings is 1. The lowest BCUT2D eigenvalue weighted by molar-refractivity contribution is 0.602. The maximum atomic E-state index is 11.5. The first-order chi connectivity index (χ1) is 10.1. The number of hydrogen-bond donors (Lipinski definition) is 0. The SMILES string of the molecule is CS(=O)(=O)c1ccc(-c2cccn2-c2ccncc2)cc1. The number of benzene rings is 1. The zero-order chi connectivity index (χ0) is 14.9. The van der Waals surface area contributed by atoms with Gasteiger partial charge in [0.05, 0.1) is 10.6 Å². The molecule has 2 aromatic heterocycles. The van der Waals surface area contributed by atoms with Crippen LogP contribution in [0.1, 0.15) is 0 Å². The number of hydrogen-bond acceptors (Lipinski definition) is 3. The lowest BCUT2D eigenvalue weighted by Gasteiger charge is -2.09. The summed E-state index contributed by atoms with van der Waals surface area (Å²) in [4.78, 5) is 4.34. The summed E-state index contributed by atoms with van der Waals surface area (Å²) in [5.74, 6) is 0. The lowest BCUT2D eigenvalue weighted by atomic mass is 10.1. The Morgan fingerprint density at radius 1 is 0.952 bits per heavy atom. The molecule has 0 aliphatic heterocycles. The van der Waals surface area contributed by atoms with Gasteiger partial charge < -0.3 is 4.57 Å². The van der Waals surface area contributed by atoms with Crippen LogP contribution in [-0.2, 0) is 9.84 Å². The minimum Gasteiger partial charge on any atom is -0.316 e. The van der Waals surface area contributed by atoms with E-state index in [1.165, 1.54) is 6.26 Å². The Hall–Kier alpha value is -2.40. The Morgan fingerprint density at radius 3 is 2.24 bits per heavy atom. The van der Waals surface area contributed by atoms with E-state index in [2.05, 4.69) is 4.98 Å². The van der Waals surface area contributed by atoms with Gasteiger partial charge in [-0.05, 0) is 42.0 Å². The molecule has 3 aromatic rings. The topological polar surface area (TPSA) is 52.0 Å². The van der Waals surface area contributed by atoms with Crippen LogP contribution in [0.2, 0.25) is 0 Å². The first-order valence-corrected chi connectivity index (χ1v) is 8.33. The van der Waals surface area contributed by atoms with Crippen molar-refractivity contribution in [3.8, 4) is 16.9 Å². The second-order valence-corrected chi connectivity index (χ2v) is 6.78. The summed E-state index contributed by atoms with van der Waals surface area (Å²) in [5.41, 5.74) is 2.97. The second-order valence-electron chi connectivity index (χ2n) is 4.77. The highest BCUT2D eigenvalue weighted by Gasteiger charge is 2.09. The molecule has 0 radical (unpaired) electrons. The molecule has 0 saturated heterocycles. The summed E-state index contributed by atoms with van der Waals surface area (Å²) >= 11 is 0. The van der Waals surface area contributed by atoms with Gasteiger partial charge in [-0.15, -0.1) is 0 Å². The van der Waals surface area contributed by atoms with Gasteiger partial charge in [0.2, 0.25) is 0 Å². The molecule has 0 bridgehead atoms. The molecule has 5 heteroatoms. The van der Waals surface area contributed by atoms with Crippen LogP contribution in [0.5, 0.6) is 0 Å². The van der Waals surface area contributed by atoms with Crippen molar-refractivity contribution in [1.82, 2.24) is 9.55 Å². The fourth-order valence-corrected chi connectivity index (χ4v) is 2.85. The highest BCUT2D eigenvalue weighted by atomic mass is 32.2. The zero-order valence-electron chi connectivity index (χ0n) is 11.5. The Morgan fingerprint density at radius 2 is 1.62 bits per heavy atom. The molecule has 0 amide bonds. The molecule has 106 valence electrons. The molecule has 0 N–H and O–H groups in total. The van der Waals surface area contributed by atoms with E-state index in [9.17, 15) is 8.42 Å². The van der Waals surface area contributed by atoms with E-state index in [-0.39, 0.29) is 0 Å². The summed E-state index contributed by atoms with van der Waals surface area (Å²) in [5, 5.41) is 0. The molecule has 4 nitrogen and oxygen atoms in total. The van der Waals surface area contributed by atoms with E-state index >= 15 is 0 Å². The van der Waals surface area contributed by atoms with Crippen LogP contribution < -0.4 is 0 Å². The maximum Gasteiger partial charge on any atom is 0.175 e. The predicted octanol–water partition coefficient (Wildman–Crippen LogP) is 2.94. The standard InChI is InChI=1S/C16H14N2O2S/c1-21(19,20)15-6-4-13(5-7-15)16-3-2-12-18(16)14-8-10-17-11-9-14/h2-12H,1H3. The molecule has 21 heavy (non-hydrogen) atoms. The average Bonchev–Trinajstić information content (AvgIpc) is 2.97. The molecule has 0 saturated carbocycles. The monoisotopic (exact) mass is 298 g/mol. The molecule has 3 rings (SSSR count). The molecule has 0 unspecified atom stereocenters. The van der Waals surface area contributed by atoms with Crippen molar-refractivity contribution in [1.29, 1.82) is 0 Å². The summed E-state index contributed by atoms with van der Waals surface area (Å²) < 4.78 is 25.1. The Labute approximate surface area is 123 Å². The fourth-order valence-electron chi connectivity index (χ4n) is 2.22. The second kappa shape index (κ2) is 5.18. The minimum atomic E-state index is -3.17. The Bertz CT molecular complexity index is 851. The maximum absolute atomic E-state index is 11.5. The number of nitrogens with zero attached hydrogens (tertiary/aromatic N) is 2. The normalized spacial score (nSPS) is 11.5. The zero-order valence-corrected chi connectivity index (χ0v) is 12.3. The molecule has 0 aliphatic carbocycles. The van der Waals surface area contributed by atoms with Crippen molar-refractivity contribution in [2.45, 2.75) is 4.90 Å². The highest BCUT2D eigenvalue weighted by molar-refractivity contribution is 7.90. The summed E-state index contributed by atoms with van der Waals surface area (Å²) in [6.07, 6.45) is 6.66. The first-order valence-electron chi connectivity index (χ1n) is 6.44. The molecule has 0 atom stereocenters. The van der Waals surface area contributed by atoms with Gasteiger partial charge >= 0.3 is 0 Å². The Kier molecular flexibility index (Phi) is 3.35. The smallest absolute Gasteiger partial charge is 0.175 e. The lowest BCUT2D eigenvalue weighted by Crippen LogP contribution is -1.98. The van der Waals surface area contributed by atoms with E-state index < -0.39 is 9.84 Å². The van der Waals surface area contributed by atoms with Crippen LogP contribution in [0.4, 0.5) is 0 Å². The van der Waals surface area contributed by atoms with Crippen LogP contribution in [0, 0.1) is 0 Å². The third-order valence-corrected chi connectivity index (χ3v) is 4.40. The van der Waals surface area contributed by atoms with Crippen molar-refractivity contribution in [3.63, 3.8) is 0 Å². The highest BCUT2D eigenvalue weighted by Crippen LogP contribution is 2.24. The first kappa shape index (κ1) is 13.6. The van der Waals surface area contributed by atoms with Gasteiger partial charge in [-0.2, -0.15) is 0 Å². The van der Waals surface area contributed by atoms with Crippen LogP contribution in [0.15, 0.2) is 72.0 Å². The number of aromatic nitrogens is 2. The van der Waals surface area contributed by atoms with E-state index in [1.807, 2.05) is 47.2 Å². The summed E-state index contributed by atoms with van der Waals surface area (Å²) in [7, 11) is -3.17. The van der Waals surface area contributed by atoms with Crippen LogP contribution in [-0.4, -0.2) is 24.2 Å². The number of rotatable bonds is 3. The van der Waals surface area contributed by atoms with Gasteiger partial charge in [0.1, 0.15) is 0 Å². The van der Waals surface area contributed by atoms with Gasteiger partial charge in [-0.1, -0.05) is 12.1 Å². The minimum absolute atomic E-state index is 0.327. The molecule has 0 fully saturated rings. The van der Waals surface area contributed by atoms with Crippen molar-refractivity contribution in [3.05, 3.63) is 67.1 Å². The molecule has 0 aliphatic rings. The molecular formula is C16H14N2O2S. The van der Waals surface area contributed by atoms with E-state index in [1.54, 1.807) is 24.5 Å². The van der Waals surface area contributed by atoms with Gasteiger partial charge in [-0.3, -0.25) is 4.98 Å². The predicted molar refractivity (Wildman–Crippen MR) is 82.1 cm³/mol. The third kappa shape index (κ3) is 2.73. The van der Waals surface area contributed by atoms with E-state index in [4.69, 9.17) is 0 Å². The number of sulfone groups is 1. The van der Waals surface area contributed by atoms with E-state index in [0.717, 1.165) is 16.9 Å². The van der Waals surface area contributed by atoms with E-state index in [0.29, 0.717) is 4.90 Å². The summed E-state index contributed by atoms with van der Waals surface area (Å²) in [6.45, 7) is 0. The van der Waals surface area contributed by atoms with Crippen LogP contribution in [0.3, 0.4) is 0 Å². The van der Waals surface area contributed by atoms with Crippen molar-refractivity contribution in [2.24, 2.45) is 0 Å². The fraction of sp³-hybridized carbons (Fsp3) is 0.0625. The van der Waals surface area contributed by atoms with Gasteiger partial charge in [0, 0.05) is 30.5 Å². The van der Waals surface area contributed by atoms with Gasteiger partial charge in [0.25, 0.3) is 0 Å². The van der Waals surface area contributed by atoms with Crippen molar-refractivity contribution < 1.29 is 8.42 Å². The van der Waals surface area contributed by atoms with Crippen molar-refractivity contribution in [2.75, 3.05) is 6.26 Å². The molecule has 2 heterocycles. The average molecular weight is 298 g/mol. The molecule has 0 spiro atoms. The molecular weight excluding hydrogens is 284 g/mol. The Balaban J connectivity index is 2.05. The third-order valence-electron chi connectivity index (χ3n) is 3.27. The largest absolute Gasteiger partial charge is 0.316 e. The van der Waals surface area contributed by atoms with Crippen LogP contribution in [0.25, 0.3) is 16.9 Å².